The van der Waals surface area contributed by atoms with Crippen LogP contribution in [0.5, 0.6) is 0 Å². The van der Waals surface area contributed by atoms with Gasteiger partial charge in [-0.15, -0.1) is 0 Å². The summed E-state index contributed by atoms with van der Waals surface area (Å²) in [5.41, 5.74) is 0. The predicted molar refractivity (Wildman–Crippen MR) is 36.4 cm³/mol. The molecule has 0 unspecified atom stereocenters. The molecule has 3 nitrogen and oxygen atoms in total. The summed E-state index contributed by atoms with van der Waals surface area (Å²) in [5.74, 6) is -0.726. The zero-order chi connectivity index (χ0) is 7.72. The third-order valence-corrected chi connectivity index (χ3v) is 1.69. The van der Waals surface area contributed by atoms with Gasteiger partial charge in [0.15, 0.2) is 0 Å². The monoisotopic (exact) mass is 139 g/mol. The van der Waals surface area contributed by atoms with Gasteiger partial charge < -0.3 is 4.90 Å². The number of ketones is 2. The molecule has 0 aliphatic carbocycles. The fraction of sp³-hybridized carbons (Fsp3) is 0.429. The van der Waals surface area contributed by atoms with Crippen LogP contribution in [0.15, 0.2) is 12.3 Å². The van der Waals surface area contributed by atoms with Gasteiger partial charge in [-0.25, -0.2) is 0 Å². The molecule has 0 radical (unpaired) electrons. The van der Waals surface area contributed by atoms with Crippen molar-refractivity contribution in [3.63, 3.8) is 0 Å². The fourth-order valence-electron chi connectivity index (χ4n) is 0.787. The number of likely N-dealkylation sites (N-methyl/N-ethyl adjacent to an activating group) is 1. The lowest BCUT2D eigenvalue weighted by molar-refractivity contribution is -0.136. The van der Waals surface area contributed by atoms with E-state index in [2.05, 4.69) is 0 Å². The molecular weight excluding hydrogens is 130 g/mol. The zero-order valence-electron chi connectivity index (χ0n) is 6.00. The highest BCUT2D eigenvalue weighted by Crippen LogP contribution is 2.04. The maximum atomic E-state index is 10.9. The first kappa shape index (κ1) is 6.99. The summed E-state index contributed by atoms with van der Waals surface area (Å²) in [7, 11) is 1.77. The van der Waals surface area contributed by atoms with Gasteiger partial charge in [0, 0.05) is 19.3 Å². The smallest absolute Gasteiger partial charge is 0.225 e. The third-order valence-electron chi connectivity index (χ3n) is 1.69. The van der Waals surface area contributed by atoms with Crippen LogP contribution in [0, 0.1) is 0 Å². The molecular formula is C7H9NO2. The average Bonchev–Trinajstić information content (AvgIpc) is 1.93. The Morgan fingerprint density at radius 1 is 1.50 bits per heavy atom. The molecule has 0 aromatic heterocycles. The number of Topliss-reactive ketones (excluding diaryl/α,β-unsaturated/α-hetero) is 1. The Bertz CT molecular complexity index is 208. The highest BCUT2D eigenvalue weighted by Gasteiger charge is 2.24. The van der Waals surface area contributed by atoms with Crippen LogP contribution in [-0.4, -0.2) is 29.6 Å². The number of allylic oxidation sites excluding steroid dienone is 1. The minimum atomic E-state index is -0.398. The highest BCUT2D eigenvalue weighted by atomic mass is 16.2. The highest BCUT2D eigenvalue weighted by molar-refractivity contribution is 6.43. The molecule has 1 aliphatic rings. The molecule has 1 heterocycles. The zero-order valence-corrected chi connectivity index (χ0v) is 6.00. The molecule has 0 fully saturated rings. The molecule has 0 spiro atoms. The van der Waals surface area contributed by atoms with Crippen molar-refractivity contribution in [2.45, 2.75) is 13.0 Å². The maximum Gasteiger partial charge on any atom is 0.225 e. The summed E-state index contributed by atoms with van der Waals surface area (Å²) in [6, 6.07) is -0.294. The van der Waals surface area contributed by atoms with E-state index in [9.17, 15) is 9.59 Å². The first-order valence-corrected chi connectivity index (χ1v) is 3.11. The van der Waals surface area contributed by atoms with E-state index in [4.69, 9.17) is 0 Å². The lowest BCUT2D eigenvalue weighted by Gasteiger charge is -2.23. The lowest BCUT2D eigenvalue weighted by atomic mass is 10.1. The van der Waals surface area contributed by atoms with E-state index in [1.165, 1.54) is 6.08 Å². The summed E-state index contributed by atoms with van der Waals surface area (Å²) in [4.78, 5) is 23.3. The molecule has 0 aromatic carbocycles. The van der Waals surface area contributed by atoms with E-state index in [0.29, 0.717) is 0 Å². The summed E-state index contributed by atoms with van der Waals surface area (Å²) in [6.45, 7) is 1.71. The van der Waals surface area contributed by atoms with Crippen molar-refractivity contribution in [2.75, 3.05) is 7.05 Å². The van der Waals surface area contributed by atoms with Gasteiger partial charge in [-0.3, -0.25) is 9.59 Å². The van der Waals surface area contributed by atoms with E-state index in [0.717, 1.165) is 0 Å². The van der Waals surface area contributed by atoms with Crippen LogP contribution < -0.4 is 0 Å². The molecule has 0 bridgehead atoms. The van der Waals surface area contributed by atoms with Crippen LogP contribution in [0.4, 0.5) is 0 Å². The van der Waals surface area contributed by atoms with Gasteiger partial charge in [-0.2, -0.15) is 0 Å². The Kier molecular flexibility index (Phi) is 1.57. The van der Waals surface area contributed by atoms with E-state index >= 15 is 0 Å². The molecule has 10 heavy (non-hydrogen) atoms. The maximum absolute atomic E-state index is 10.9. The molecule has 3 heteroatoms. The van der Waals surface area contributed by atoms with Crippen molar-refractivity contribution in [1.82, 2.24) is 4.90 Å². The molecule has 0 saturated heterocycles. The second-order valence-corrected chi connectivity index (χ2v) is 2.39. The Morgan fingerprint density at radius 2 is 2.10 bits per heavy atom. The van der Waals surface area contributed by atoms with Gasteiger partial charge in [0.25, 0.3) is 0 Å². The molecule has 1 atom stereocenters. The molecule has 0 aromatic rings. The van der Waals surface area contributed by atoms with Gasteiger partial charge >= 0.3 is 0 Å². The Balaban J connectivity index is 2.89. The fourth-order valence-corrected chi connectivity index (χ4v) is 0.787. The standard InChI is InChI=1S/C7H9NO2/c1-5-7(10)6(9)3-4-8(5)2/h3-5H,1-2H3/t5-/m1/s1. The topological polar surface area (TPSA) is 37.4 Å². The molecule has 0 N–H and O–H groups in total. The van der Waals surface area contributed by atoms with Crippen LogP contribution in [-0.2, 0) is 9.59 Å². The Labute approximate surface area is 59.3 Å². The third kappa shape index (κ3) is 0.943. The first-order chi connectivity index (χ1) is 4.63. The number of carbonyl (C=O) groups is 2. The van der Waals surface area contributed by atoms with Crippen LogP contribution in [0.2, 0.25) is 0 Å². The van der Waals surface area contributed by atoms with Crippen molar-refractivity contribution < 1.29 is 9.59 Å². The van der Waals surface area contributed by atoms with Crippen molar-refractivity contribution in [3.05, 3.63) is 12.3 Å². The number of hydrogen-bond donors (Lipinski definition) is 0. The van der Waals surface area contributed by atoms with E-state index in [1.54, 1.807) is 25.1 Å². The van der Waals surface area contributed by atoms with Crippen molar-refractivity contribution in [3.8, 4) is 0 Å². The largest absolute Gasteiger partial charge is 0.370 e. The van der Waals surface area contributed by atoms with Crippen molar-refractivity contribution in [2.24, 2.45) is 0 Å². The quantitative estimate of drug-likeness (QED) is 0.442. The minimum Gasteiger partial charge on any atom is -0.370 e. The summed E-state index contributed by atoms with van der Waals surface area (Å²) >= 11 is 0. The van der Waals surface area contributed by atoms with Gasteiger partial charge in [-0.1, -0.05) is 0 Å². The SMILES string of the molecule is C[C@@H]1C(=O)C(=O)C=CN1C. The van der Waals surface area contributed by atoms with Crippen LogP contribution in [0.3, 0.4) is 0 Å². The normalized spacial score (nSPS) is 25.8. The molecule has 0 amide bonds. The van der Waals surface area contributed by atoms with Gasteiger partial charge in [0.1, 0.15) is 0 Å². The second-order valence-electron chi connectivity index (χ2n) is 2.39. The van der Waals surface area contributed by atoms with Crippen LogP contribution in [0.1, 0.15) is 6.92 Å². The van der Waals surface area contributed by atoms with Gasteiger partial charge in [0.05, 0.1) is 6.04 Å². The molecule has 1 aliphatic heterocycles. The molecule has 1 rings (SSSR count). The number of carbonyl (C=O) groups excluding carboxylic acids is 2. The minimum absolute atomic E-state index is 0.294. The van der Waals surface area contributed by atoms with Crippen LogP contribution in [0.25, 0.3) is 0 Å². The van der Waals surface area contributed by atoms with Crippen LogP contribution >= 0.6 is 0 Å². The Hall–Kier alpha value is -1.12. The molecule has 0 saturated carbocycles. The summed E-state index contributed by atoms with van der Waals surface area (Å²) in [5, 5.41) is 0. The second kappa shape index (κ2) is 2.25. The Morgan fingerprint density at radius 3 is 2.60 bits per heavy atom. The predicted octanol–water partition coefficient (Wildman–Crippen LogP) is -0.0278. The summed E-state index contributed by atoms with van der Waals surface area (Å²) in [6.07, 6.45) is 2.91. The molecule has 54 valence electrons. The number of nitrogens with zero attached hydrogens (tertiary/aromatic N) is 1. The van der Waals surface area contributed by atoms with E-state index in [-0.39, 0.29) is 11.8 Å². The van der Waals surface area contributed by atoms with E-state index in [1.807, 2.05) is 0 Å². The average molecular weight is 139 g/mol. The first-order valence-electron chi connectivity index (χ1n) is 3.11. The van der Waals surface area contributed by atoms with Gasteiger partial charge in [-0.05, 0) is 6.92 Å². The summed E-state index contributed by atoms with van der Waals surface area (Å²) < 4.78 is 0. The number of rotatable bonds is 0. The van der Waals surface area contributed by atoms with Gasteiger partial charge in [0.2, 0.25) is 11.6 Å². The lowest BCUT2D eigenvalue weighted by Crippen LogP contribution is -2.39. The van der Waals surface area contributed by atoms with Crippen molar-refractivity contribution in [1.29, 1.82) is 0 Å². The van der Waals surface area contributed by atoms with Crippen molar-refractivity contribution >= 4 is 11.6 Å². The van der Waals surface area contributed by atoms with E-state index < -0.39 is 5.78 Å². The number of hydrogen-bond acceptors (Lipinski definition) is 3.